The molecule has 5 aromatic rings. The SMILES string of the molecule is Cc1cc(Nc2nccn3c(-c4ccc(OC(F)F)cc4)cnc23)ccc1C(=O)N1CCC(Cc2c[nH]cn2)CC1. The summed E-state index contributed by atoms with van der Waals surface area (Å²) in [6.45, 7) is 0.543. The van der Waals surface area contributed by atoms with Crippen LogP contribution in [-0.4, -0.2) is 54.8 Å². The van der Waals surface area contributed by atoms with E-state index in [0.717, 1.165) is 60.6 Å². The molecule has 1 aliphatic heterocycles. The maximum atomic E-state index is 13.3. The van der Waals surface area contributed by atoms with Crippen LogP contribution in [0.4, 0.5) is 20.3 Å². The molecule has 2 N–H and O–H groups in total. The predicted octanol–water partition coefficient (Wildman–Crippen LogP) is 5.87. The van der Waals surface area contributed by atoms with Crippen molar-refractivity contribution in [3.05, 3.63) is 90.4 Å². The lowest BCUT2D eigenvalue weighted by Gasteiger charge is -2.32. The van der Waals surface area contributed by atoms with Crippen molar-refractivity contribution >= 4 is 23.1 Å². The molecule has 1 fully saturated rings. The van der Waals surface area contributed by atoms with Gasteiger partial charge in [-0.1, -0.05) is 0 Å². The fourth-order valence-corrected chi connectivity index (χ4v) is 5.36. The number of piperidine rings is 1. The van der Waals surface area contributed by atoms with Crippen LogP contribution >= 0.6 is 0 Å². The van der Waals surface area contributed by atoms with Gasteiger partial charge in [-0.25, -0.2) is 15.0 Å². The second kappa shape index (κ2) is 11.4. The molecule has 41 heavy (non-hydrogen) atoms. The number of hydrogen-bond acceptors (Lipinski definition) is 6. The van der Waals surface area contributed by atoms with Crippen LogP contribution in [0.15, 0.2) is 73.6 Å². The van der Waals surface area contributed by atoms with Crippen LogP contribution < -0.4 is 10.1 Å². The van der Waals surface area contributed by atoms with Gasteiger partial charge < -0.3 is 19.9 Å². The molecule has 2 aromatic carbocycles. The quantitative estimate of drug-likeness (QED) is 0.248. The van der Waals surface area contributed by atoms with Crippen LogP contribution in [0.1, 0.15) is 34.5 Å². The Labute approximate surface area is 235 Å². The molecular formula is C30H29F2N7O2. The molecule has 4 heterocycles. The number of anilines is 2. The molecule has 0 spiro atoms. The van der Waals surface area contributed by atoms with Crippen molar-refractivity contribution in [3.8, 4) is 17.0 Å². The number of alkyl halides is 2. The zero-order chi connectivity index (χ0) is 28.3. The van der Waals surface area contributed by atoms with E-state index in [2.05, 4.69) is 30.0 Å². The van der Waals surface area contributed by atoms with Crippen molar-refractivity contribution in [2.45, 2.75) is 32.8 Å². The monoisotopic (exact) mass is 557 g/mol. The van der Waals surface area contributed by atoms with Crippen molar-refractivity contribution in [2.24, 2.45) is 5.92 Å². The number of carbonyl (C=O) groups excluding carboxylic acids is 1. The number of aromatic amines is 1. The summed E-state index contributed by atoms with van der Waals surface area (Å²) in [7, 11) is 0. The van der Waals surface area contributed by atoms with Crippen molar-refractivity contribution < 1.29 is 18.3 Å². The largest absolute Gasteiger partial charge is 0.435 e. The maximum Gasteiger partial charge on any atom is 0.387 e. The molecule has 9 nitrogen and oxygen atoms in total. The highest BCUT2D eigenvalue weighted by Gasteiger charge is 2.25. The van der Waals surface area contributed by atoms with Crippen LogP contribution in [-0.2, 0) is 6.42 Å². The number of likely N-dealkylation sites (tertiary alicyclic amines) is 1. The number of halogens is 2. The van der Waals surface area contributed by atoms with E-state index in [1.165, 1.54) is 12.1 Å². The summed E-state index contributed by atoms with van der Waals surface area (Å²) in [5.74, 6) is 1.23. The second-order valence-electron chi connectivity index (χ2n) is 10.2. The van der Waals surface area contributed by atoms with E-state index in [9.17, 15) is 13.6 Å². The number of amides is 1. The molecule has 0 aliphatic carbocycles. The highest BCUT2D eigenvalue weighted by atomic mass is 19.3. The number of aromatic nitrogens is 5. The van der Waals surface area contributed by atoms with Gasteiger partial charge >= 0.3 is 6.61 Å². The van der Waals surface area contributed by atoms with Gasteiger partial charge in [-0.05, 0) is 80.1 Å². The Hall–Kier alpha value is -4.80. The fourth-order valence-electron chi connectivity index (χ4n) is 5.36. The minimum atomic E-state index is -2.87. The van der Waals surface area contributed by atoms with Crippen LogP contribution in [0.25, 0.3) is 16.9 Å². The van der Waals surface area contributed by atoms with Gasteiger partial charge in [0, 0.05) is 48.5 Å². The molecular weight excluding hydrogens is 528 g/mol. The van der Waals surface area contributed by atoms with E-state index in [-0.39, 0.29) is 11.7 Å². The lowest BCUT2D eigenvalue weighted by Crippen LogP contribution is -2.39. The lowest BCUT2D eigenvalue weighted by molar-refractivity contribution is -0.0498. The Morgan fingerprint density at radius 2 is 1.93 bits per heavy atom. The van der Waals surface area contributed by atoms with Gasteiger partial charge in [0.05, 0.1) is 23.9 Å². The van der Waals surface area contributed by atoms with E-state index in [0.29, 0.717) is 22.9 Å². The Morgan fingerprint density at radius 3 is 2.63 bits per heavy atom. The molecule has 1 aliphatic rings. The third kappa shape index (κ3) is 5.74. The highest BCUT2D eigenvalue weighted by molar-refractivity contribution is 5.96. The topological polar surface area (TPSA) is 100 Å². The summed E-state index contributed by atoms with van der Waals surface area (Å²) in [6.07, 6.45) is 11.7. The molecule has 1 amide bonds. The van der Waals surface area contributed by atoms with Gasteiger partial charge in [-0.3, -0.25) is 9.20 Å². The molecule has 210 valence electrons. The van der Waals surface area contributed by atoms with Crippen molar-refractivity contribution in [1.82, 2.24) is 29.2 Å². The van der Waals surface area contributed by atoms with Crippen LogP contribution in [0.2, 0.25) is 0 Å². The summed E-state index contributed by atoms with van der Waals surface area (Å²) in [5.41, 5.74) is 5.60. The van der Waals surface area contributed by atoms with Crippen molar-refractivity contribution in [1.29, 1.82) is 0 Å². The number of hydrogen-bond donors (Lipinski definition) is 2. The molecule has 1 saturated heterocycles. The average Bonchev–Trinajstić information content (AvgIpc) is 3.64. The number of H-pyrrole nitrogens is 1. The van der Waals surface area contributed by atoms with Gasteiger partial charge in [0.2, 0.25) is 0 Å². The summed E-state index contributed by atoms with van der Waals surface area (Å²) in [5, 5.41) is 3.32. The number of benzene rings is 2. The summed E-state index contributed by atoms with van der Waals surface area (Å²) in [4.78, 5) is 31.6. The first-order chi connectivity index (χ1) is 19.9. The molecule has 0 unspecified atom stereocenters. The zero-order valence-corrected chi connectivity index (χ0v) is 22.4. The van der Waals surface area contributed by atoms with Gasteiger partial charge in [-0.15, -0.1) is 0 Å². The van der Waals surface area contributed by atoms with Crippen molar-refractivity contribution in [2.75, 3.05) is 18.4 Å². The first kappa shape index (κ1) is 26.4. The van der Waals surface area contributed by atoms with E-state index in [1.54, 1.807) is 37.1 Å². The molecule has 0 radical (unpaired) electrons. The lowest BCUT2D eigenvalue weighted by atomic mass is 9.92. The van der Waals surface area contributed by atoms with Gasteiger partial charge in [0.1, 0.15) is 5.75 Å². The van der Waals surface area contributed by atoms with Gasteiger partial charge in [0.25, 0.3) is 5.91 Å². The minimum absolute atomic E-state index is 0.0513. The number of nitrogens with one attached hydrogen (secondary N) is 2. The van der Waals surface area contributed by atoms with E-state index in [1.807, 2.05) is 40.6 Å². The Balaban J connectivity index is 1.14. The third-order valence-corrected chi connectivity index (χ3v) is 7.48. The first-order valence-electron chi connectivity index (χ1n) is 13.5. The van der Waals surface area contributed by atoms with Crippen LogP contribution in [0.3, 0.4) is 0 Å². The van der Waals surface area contributed by atoms with Gasteiger partial charge in [0.15, 0.2) is 11.5 Å². The number of ether oxygens (including phenoxy) is 1. The smallest absolute Gasteiger partial charge is 0.387 e. The molecule has 6 rings (SSSR count). The number of rotatable bonds is 8. The average molecular weight is 558 g/mol. The predicted molar refractivity (Wildman–Crippen MR) is 150 cm³/mol. The summed E-state index contributed by atoms with van der Waals surface area (Å²) in [6, 6.07) is 12.1. The van der Waals surface area contributed by atoms with E-state index < -0.39 is 6.61 Å². The van der Waals surface area contributed by atoms with Crippen LogP contribution in [0.5, 0.6) is 5.75 Å². The Morgan fingerprint density at radius 1 is 1.12 bits per heavy atom. The normalized spacial score (nSPS) is 14.1. The number of fused-ring (bicyclic) bond motifs is 1. The Kier molecular flexibility index (Phi) is 7.32. The molecule has 0 bridgehead atoms. The number of imidazole rings is 2. The second-order valence-corrected chi connectivity index (χ2v) is 10.2. The highest BCUT2D eigenvalue weighted by Crippen LogP contribution is 2.28. The standard InChI is InChI=1S/C30H29F2N7O2/c1-19-14-22(4-7-25(19)29(40)38-11-8-20(9-12-38)15-23-16-33-18-36-23)37-27-28-35-17-26(39(28)13-10-34-27)21-2-5-24(6-3-21)41-30(31)32/h2-7,10,13-14,16-18,20,30H,8-9,11-12,15H2,1H3,(H,33,36)(H,34,37). The molecule has 3 aromatic heterocycles. The number of aryl methyl sites for hydroxylation is 1. The third-order valence-electron chi connectivity index (χ3n) is 7.48. The maximum absolute atomic E-state index is 13.3. The number of nitrogens with zero attached hydrogens (tertiary/aromatic N) is 5. The molecule has 11 heteroatoms. The number of carbonyl (C=O) groups is 1. The van der Waals surface area contributed by atoms with E-state index >= 15 is 0 Å². The zero-order valence-electron chi connectivity index (χ0n) is 22.4. The van der Waals surface area contributed by atoms with Gasteiger partial charge in [-0.2, -0.15) is 8.78 Å². The van der Waals surface area contributed by atoms with E-state index in [4.69, 9.17) is 0 Å². The molecule has 0 atom stereocenters. The van der Waals surface area contributed by atoms with Crippen molar-refractivity contribution in [3.63, 3.8) is 0 Å². The summed E-state index contributed by atoms with van der Waals surface area (Å²) >= 11 is 0. The van der Waals surface area contributed by atoms with Crippen LogP contribution in [0, 0.1) is 12.8 Å². The first-order valence-corrected chi connectivity index (χ1v) is 13.5. The Bertz CT molecular complexity index is 1640. The summed E-state index contributed by atoms with van der Waals surface area (Å²) < 4.78 is 31.3. The molecule has 0 saturated carbocycles. The fraction of sp³-hybridized carbons (Fsp3) is 0.267. The minimum Gasteiger partial charge on any atom is -0.435 e.